The highest BCUT2D eigenvalue weighted by atomic mass is 32.2. The minimum absolute atomic E-state index is 0.0315. The van der Waals surface area contributed by atoms with Crippen LogP contribution in [0.4, 0.5) is 0 Å². The van der Waals surface area contributed by atoms with Gasteiger partial charge in [-0.25, -0.2) is 13.2 Å². The quantitative estimate of drug-likeness (QED) is 0.668. The number of ether oxygens (including phenoxy) is 1. The third kappa shape index (κ3) is 3.83. The highest BCUT2D eigenvalue weighted by molar-refractivity contribution is 7.89. The van der Waals surface area contributed by atoms with Crippen LogP contribution in [0, 0.1) is 5.92 Å². The number of benzene rings is 1. The van der Waals surface area contributed by atoms with Gasteiger partial charge in [-0.1, -0.05) is 13.8 Å². The molecule has 0 N–H and O–H groups in total. The van der Waals surface area contributed by atoms with Gasteiger partial charge in [0, 0.05) is 20.6 Å². The van der Waals surface area contributed by atoms with Crippen molar-refractivity contribution in [1.82, 2.24) is 13.4 Å². The molecule has 8 nitrogen and oxygen atoms in total. The van der Waals surface area contributed by atoms with Crippen LogP contribution in [0.25, 0.3) is 11.0 Å². The number of sulfonamides is 1. The molecule has 9 heteroatoms. The van der Waals surface area contributed by atoms with Crippen LogP contribution in [0.15, 0.2) is 27.9 Å². The Balaban J connectivity index is 2.50. The predicted molar refractivity (Wildman–Crippen MR) is 98.4 cm³/mol. The second-order valence-corrected chi connectivity index (χ2v) is 8.49. The molecule has 2 rings (SSSR count). The SMILES string of the molecule is CCOC(=O)CN(CC(C)C)S(=O)(=O)c1ccc2c(c1)n(C)c(=O)n2C. The highest BCUT2D eigenvalue weighted by Gasteiger charge is 2.28. The number of carbonyl (C=O) groups is 1. The fraction of sp³-hybridized carbons (Fsp3) is 0.529. The molecule has 0 fully saturated rings. The van der Waals surface area contributed by atoms with Crippen molar-refractivity contribution in [3.63, 3.8) is 0 Å². The predicted octanol–water partition coefficient (Wildman–Crippen LogP) is 1.09. The number of aromatic nitrogens is 2. The Morgan fingerprint density at radius 3 is 2.38 bits per heavy atom. The zero-order chi connectivity index (χ0) is 19.6. The first kappa shape index (κ1) is 20.2. The van der Waals surface area contributed by atoms with E-state index in [1.165, 1.54) is 21.3 Å². The van der Waals surface area contributed by atoms with Crippen LogP contribution in [0.5, 0.6) is 0 Å². The van der Waals surface area contributed by atoms with Crippen molar-refractivity contribution in [3.8, 4) is 0 Å². The summed E-state index contributed by atoms with van der Waals surface area (Å²) in [6.07, 6.45) is 0. The molecule has 0 aliphatic heterocycles. The number of rotatable bonds is 7. The molecule has 2 aromatic rings. The molecule has 0 saturated heterocycles. The molecule has 0 aliphatic carbocycles. The Kier molecular flexibility index (Phi) is 5.92. The summed E-state index contributed by atoms with van der Waals surface area (Å²) in [6, 6.07) is 4.52. The Morgan fingerprint density at radius 2 is 1.81 bits per heavy atom. The molecule has 1 heterocycles. The maximum Gasteiger partial charge on any atom is 0.328 e. The number of carbonyl (C=O) groups excluding carboxylic acids is 1. The Bertz CT molecular complexity index is 972. The summed E-state index contributed by atoms with van der Waals surface area (Å²) >= 11 is 0. The number of esters is 1. The third-order valence-corrected chi connectivity index (χ3v) is 5.87. The van der Waals surface area contributed by atoms with E-state index in [4.69, 9.17) is 4.74 Å². The lowest BCUT2D eigenvalue weighted by Gasteiger charge is -2.23. The fourth-order valence-electron chi connectivity index (χ4n) is 2.80. The van der Waals surface area contributed by atoms with E-state index < -0.39 is 16.0 Å². The van der Waals surface area contributed by atoms with E-state index in [2.05, 4.69) is 0 Å². The molecule has 0 unspecified atom stereocenters. The van der Waals surface area contributed by atoms with E-state index >= 15 is 0 Å². The number of hydrogen-bond acceptors (Lipinski definition) is 5. The van der Waals surface area contributed by atoms with Crippen molar-refractivity contribution < 1.29 is 17.9 Å². The molecule has 1 aromatic carbocycles. The average molecular weight is 383 g/mol. The molecule has 0 bridgehead atoms. The van der Waals surface area contributed by atoms with Crippen LogP contribution in [-0.4, -0.2) is 47.5 Å². The Morgan fingerprint density at radius 1 is 1.19 bits per heavy atom. The van der Waals surface area contributed by atoms with Crippen LogP contribution in [0.2, 0.25) is 0 Å². The van der Waals surface area contributed by atoms with Gasteiger partial charge in [0.25, 0.3) is 0 Å². The number of imidazole rings is 1. The second kappa shape index (κ2) is 7.63. The van der Waals surface area contributed by atoms with E-state index in [1.54, 1.807) is 27.1 Å². The molecule has 1 aromatic heterocycles. The van der Waals surface area contributed by atoms with Gasteiger partial charge < -0.3 is 4.74 Å². The monoisotopic (exact) mass is 383 g/mol. The molecule has 0 spiro atoms. The maximum absolute atomic E-state index is 13.1. The van der Waals surface area contributed by atoms with E-state index in [9.17, 15) is 18.0 Å². The number of fused-ring (bicyclic) bond motifs is 1. The molecule has 0 saturated carbocycles. The zero-order valence-electron chi connectivity index (χ0n) is 15.7. The number of aryl methyl sites for hydroxylation is 2. The summed E-state index contributed by atoms with van der Waals surface area (Å²) in [4.78, 5) is 23.9. The van der Waals surface area contributed by atoms with E-state index in [0.717, 1.165) is 4.31 Å². The summed E-state index contributed by atoms with van der Waals surface area (Å²) in [5.41, 5.74) is 0.913. The summed E-state index contributed by atoms with van der Waals surface area (Å²) < 4.78 is 35.0. The lowest BCUT2D eigenvalue weighted by molar-refractivity contribution is -0.143. The number of nitrogens with zero attached hydrogens (tertiary/aromatic N) is 3. The zero-order valence-corrected chi connectivity index (χ0v) is 16.5. The van der Waals surface area contributed by atoms with Crippen molar-refractivity contribution in [2.75, 3.05) is 19.7 Å². The van der Waals surface area contributed by atoms with Crippen LogP contribution in [-0.2, 0) is 33.7 Å². The highest BCUT2D eigenvalue weighted by Crippen LogP contribution is 2.22. The maximum atomic E-state index is 13.1. The fourth-order valence-corrected chi connectivity index (χ4v) is 4.37. The van der Waals surface area contributed by atoms with Gasteiger partial charge >= 0.3 is 11.7 Å². The molecule has 144 valence electrons. The van der Waals surface area contributed by atoms with Gasteiger partial charge in [0.05, 0.1) is 22.5 Å². The van der Waals surface area contributed by atoms with Crippen LogP contribution in [0.3, 0.4) is 0 Å². The van der Waals surface area contributed by atoms with Crippen LogP contribution >= 0.6 is 0 Å². The molecule has 0 aliphatic rings. The van der Waals surface area contributed by atoms with Gasteiger partial charge in [-0.15, -0.1) is 0 Å². The van der Waals surface area contributed by atoms with Crippen molar-refractivity contribution in [3.05, 3.63) is 28.7 Å². The smallest absolute Gasteiger partial charge is 0.328 e. The number of hydrogen-bond donors (Lipinski definition) is 0. The Hall–Kier alpha value is -2.13. The minimum Gasteiger partial charge on any atom is -0.465 e. The standard InChI is InChI=1S/C17H25N3O5S/c1-6-25-16(21)11-20(10-12(2)3)26(23,24)13-7-8-14-15(9-13)19(5)17(22)18(14)4/h7-9,12H,6,10-11H2,1-5H3. The van der Waals surface area contributed by atoms with Gasteiger partial charge in [0.1, 0.15) is 6.54 Å². The molecular weight excluding hydrogens is 358 g/mol. The van der Waals surface area contributed by atoms with E-state index in [0.29, 0.717) is 11.0 Å². The minimum atomic E-state index is -3.91. The van der Waals surface area contributed by atoms with Crippen LogP contribution < -0.4 is 5.69 Å². The largest absolute Gasteiger partial charge is 0.465 e. The van der Waals surface area contributed by atoms with Gasteiger partial charge in [0.15, 0.2) is 0 Å². The normalized spacial score (nSPS) is 12.3. The topological polar surface area (TPSA) is 90.6 Å². The summed E-state index contributed by atoms with van der Waals surface area (Å²) in [7, 11) is -0.695. The van der Waals surface area contributed by atoms with Crippen LogP contribution in [0.1, 0.15) is 20.8 Å². The molecule has 0 radical (unpaired) electrons. The first-order valence-corrected chi connectivity index (χ1v) is 9.84. The van der Waals surface area contributed by atoms with E-state index in [1.807, 2.05) is 13.8 Å². The molecular formula is C17H25N3O5S. The molecule has 26 heavy (non-hydrogen) atoms. The molecule has 0 atom stereocenters. The Labute approximate surface area is 153 Å². The first-order valence-electron chi connectivity index (χ1n) is 8.40. The van der Waals surface area contributed by atoms with Crippen molar-refractivity contribution in [2.45, 2.75) is 25.7 Å². The van der Waals surface area contributed by atoms with Gasteiger partial charge in [0.2, 0.25) is 10.0 Å². The van der Waals surface area contributed by atoms with Crippen molar-refractivity contribution in [2.24, 2.45) is 20.0 Å². The van der Waals surface area contributed by atoms with Gasteiger partial charge in [-0.2, -0.15) is 4.31 Å². The van der Waals surface area contributed by atoms with Crippen molar-refractivity contribution >= 4 is 27.0 Å². The molecule has 0 amide bonds. The average Bonchev–Trinajstić information content (AvgIpc) is 2.78. The lowest BCUT2D eigenvalue weighted by atomic mass is 10.2. The second-order valence-electron chi connectivity index (χ2n) is 6.55. The summed E-state index contributed by atoms with van der Waals surface area (Å²) in [6.45, 7) is 5.44. The lowest BCUT2D eigenvalue weighted by Crippen LogP contribution is -2.38. The van der Waals surface area contributed by atoms with Gasteiger partial charge in [-0.05, 0) is 31.0 Å². The third-order valence-electron chi connectivity index (χ3n) is 4.06. The summed E-state index contributed by atoms with van der Waals surface area (Å²) in [5, 5.41) is 0. The van der Waals surface area contributed by atoms with E-state index in [-0.39, 0.29) is 36.2 Å². The first-order chi connectivity index (χ1) is 12.1. The van der Waals surface area contributed by atoms with Gasteiger partial charge in [-0.3, -0.25) is 13.9 Å². The van der Waals surface area contributed by atoms with Crippen molar-refractivity contribution in [1.29, 1.82) is 0 Å². The summed E-state index contributed by atoms with van der Waals surface area (Å²) in [5.74, 6) is -0.561.